The predicted octanol–water partition coefficient (Wildman–Crippen LogP) is 0.236. The van der Waals surface area contributed by atoms with Crippen LogP contribution in [0.5, 0.6) is 5.88 Å². The van der Waals surface area contributed by atoms with Gasteiger partial charge in [-0.25, -0.2) is 15.0 Å². The lowest BCUT2D eigenvalue weighted by Gasteiger charge is -2.35. The van der Waals surface area contributed by atoms with E-state index in [1.165, 1.54) is 6.33 Å². The lowest BCUT2D eigenvalue weighted by Crippen LogP contribution is -2.48. The molecule has 1 aliphatic heterocycles. The molecule has 0 bridgehead atoms. The number of β-amino-alcohol motifs (C(OH)–C–C–N with tert-alkyl or cyclic N) is 1. The Morgan fingerprint density at radius 3 is 2.87 bits per heavy atom. The number of piperidine rings is 1. The Morgan fingerprint density at radius 1 is 1.42 bits per heavy atom. The number of hydrogen-bond donors (Lipinski definition) is 3. The SMILES string of the molecule is COc1ccc(CN(C)c2ncnc(NC[C@H]3CCN(CC(N)=O)C[C@@H]3O)c2F)cn1. The molecule has 1 fully saturated rings. The largest absolute Gasteiger partial charge is 0.481 e. The Morgan fingerprint density at radius 2 is 2.23 bits per heavy atom. The average Bonchev–Trinajstić information content (AvgIpc) is 2.74. The van der Waals surface area contributed by atoms with Gasteiger partial charge in [0.25, 0.3) is 0 Å². The molecule has 1 amide bonds. The van der Waals surface area contributed by atoms with Crippen LogP contribution in [0.15, 0.2) is 24.7 Å². The van der Waals surface area contributed by atoms with Crippen LogP contribution in [0.25, 0.3) is 0 Å². The molecule has 1 saturated heterocycles. The van der Waals surface area contributed by atoms with Gasteiger partial charge in [-0.3, -0.25) is 9.69 Å². The molecule has 0 spiro atoms. The van der Waals surface area contributed by atoms with E-state index in [9.17, 15) is 9.90 Å². The van der Waals surface area contributed by atoms with Crippen LogP contribution in [0, 0.1) is 11.7 Å². The molecule has 0 aliphatic carbocycles. The summed E-state index contributed by atoms with van der Waals surface area (Å²) in [6.07, 6.45) is 2.98. The Balaban J connectivity index is 1.59. The van der Waals surface area contributed by atoms with Crippen molar-refractivity contribution in [3.05, 3.63) is 36.0 Å². The van der Waals surface area contributed by atoms with Gasteiger partial charge in [-0.1, -0.05) is 6.07 Å². The third-order valence-corrected chi connectivity index (χ3v) is 5.28. The molecule has 0 radical (unpaired) electrons. The van der Waals surface area contributed by atoms with E-state index in [1.807, 2.05) is 11.0 Å². The second-order valence-electron chi connectivity index (χ2n) is 7.62. The van der Waals surface area contributed by atoms with Crippen molar-refractivity contribution in [2.45, 2.75) is 19.1 Å². The number of hydrogen-bond acceptors (Lipinski definition) is 9. The minimum Gasteiger partial charge on any atom is -0.481 e. The van der Waals surface area contributed by atoms with Gasteiger partial charge in [0.15, 0.2) is 11.6 Å². The number of halogens is 1. The molecular weight excluding hydrogens is 405 g/mol. The quantitative estimate of drug-likeness (QED) is 0.509. The van der Waals surface area contributed by atoms with Crippen LogP contribution < -0.4 is 20.7 Å². The predicted molar refractivity (Wildman–Crippen MR) is 113 cm³/mol. The number of nitrogens with one attached hydrogen (secondary N) is 1. The van der Waals surface area contributed by atoms with Crippen molar-refractivity contribution in [1.82, 2.24) is 19.9 Å². The average molecular weight is 433 g/mol. The van der Waals surface area contributed by atoms with Gasteiger partial charge in [0, 0.05) is 44.9 Å². The highest BCUT2D eigenvalue weighted by Gasteiger charge is 2.28. The Labute approximate surface area is 180 Å². The number of amides is 1. The number of primary amides is 1. The van der Waals surface area contributed by atoms with Gasteiger partial charge in [-0.2, -0.15) is 4.39 Å². The highest BCUT2D eigenvalue weighted by atomic mass is 19.1. The maximum absolute atomic E-state index is 15.0. The Hall–Kier alpha value is -3.05. The summed E-state index contributed by atoms with van der Waals surface area (Å²) in [5.41, 5.74) is 6.09. The minimum atomic E-state index is -0.643. The van der Waals surface area contributed by atoms with Crippen molar-refractivity contribution in [3.8, 4) is 5.88 Å². The van der Waals surface area contributed by atoms with Crippen molar-refractivity contribution < 1.29 is 19.0 Å². The number of aromatic nitrogens is 3. The molecule has 10 nitrogen and oxygen atoms in total. The van der Waals surface area contributed by atoms with E-state index in [2.05, 4.69) is 20.3 Å². The lowest BCUT2D eigenvalue weighted by atomic mass is 9.94. The molecule has 2 aromatic heterocycles. The van der Waals surface area contributed by atoms with Gasteiger partial charge in [0.2, 0.25) is 17.6 Å². The van der Waals surface area contributed by atoms with Crippen molar-refractivity contribution in [3.63, 3.8) is 0 Å². The highest BCUT2D eigenvalue weighted by Crippen LogP contribution is 2.24. The maximum atomic E-state index is 15.0. The first-order valence-electron chi connectivity index (χ1n) is 10.0. The third kappa shape index (κ3) is 5.98. The minimum absolute atomic E-state index is 0.0801. The number of methoxy groups -OCH3 is 1. The van der Waals surface area contributed by atoms with E-state index in [4.69, 9.17) is 10.5 Å². The van der Waals surface area contributed by atoms with Crippen molar-refractivity contribution in [2.75, 3.05) is 50.6 Å². The zero-order valence-corrected chi connectivity index (χ0v) is 17.7. The molecule has 168 valence electrons. The first-order chi connectivity index (χ1) is 14.9. The summed E-state index contributed by atoms with van der Waals surface area (Å²) in [6, 6.07) is 3.60. The summed E-state index contributed by atoms with van der Waals surface area (Å²) >= 11 is 0. The number of ether oxygens (including phenoxy) is 1. The molecule has 3 heterocycles. The number of carbonyl (C=O) groups is 1. The van der Waals surface area contributed by atoms with E-state index >= 15 is 4.39 Å². The Bertz CT molecular complexity index is 884. The van der Waals surface area contributed by atoms with Crippen LogP contribution in [-0.4, -0.2) is 77.3 Å². The summed E-state index contributed by atoms with van der Waals surface area (Å²) in [7, 11) is 3.28. The highest BCUT2D eigenvalue weighted by molar-refractivity contribution is 5.75. The summed E-state index contributed by atoms with van der Waals surface area (Å²) in [4.78, 5) is 26.8. The van der Waals surface area contributed by atoms with Gasteiger partial charge in [0.05, 0.1) is 19.8 Å². The summed E-state index contributed by atoms with van der Waals surface area (Å²) < 4.78 is 20.1. The van der Waals surface area contributed by atoms with Crippen LogP contribution >= 0.6 is 0 Å². The number of aliphatic hydroxyl groups excluding tert-OH is 1. The van der Waals surface area contributed by atoms with Crippen LogP contribution in [0.3, 0.4) is 0 Å². The number of rotatable bonds is 9. The molecule has 0 unspecified atom stereocenters. The first-order valence-corrected chi connectivity index (χ1v) is 10.0. The van der Waals surface area contributed by atoms with Crippen LogP contribution in [0.1, 0.15) is 12.0 Å². The Kier molecular flexibility index (Phi) is 7.53. The summed E-state index contributed by atoms with van der Waals surface area (Å²) in [6.45, 7) is 1.87. The van der Waals surface area contributed by atoms with Gasteiger partial charge >= 0.3 is 0 Å². The zero-order chi connectivity index (χ0) is 22.4. The van der Waals surface area contributed by atoms with E-state index in [0.717, 1.165) is 5.56 Å². The van der Waals surface area contributed by atoms with Gasteiger partial charge in [-0.05, 0) is 18.5 Å². The fourth-order valence-corrected chi connectivity index (χ4v) is 3.60. The van der Waals surface area contributed by atoms with Crippen molar-refractivity contribution in [2.24, 2.45) is 11.7 Å². The molecular formula is C20H28FN7O3. The number of nitrogens with two attached hydrogens (primary N) is 1. The van der Waals surface area contributed by atoms with Crippen LogP contribution in [0.2, 0.25) is 0 Å². The normalized spacial score (nSPS) is 19.1. The topological polar surface area (TPSA) is 130 Å². The maximum Gasteiger partial charge on any atom is 0.231 e. The van der Waals surface area contributed by atoms with Crippen LogP contribution in [-0.2, 0) is 11.3 Å². The molecule has 11 heteroatoms. The standard InChI is InChI=1S/C20H28FN7O3/c1-27(9-13-3-4-17(31-2)23-7-13)20-18(21)19(25-12-26-20)24-8-14-5-6-28(10-15(14)29)11-16(22)30/h3-4,7,12,14-15,29H,5-6,8-11H2,1-2H3,(H2,22,30)(H,24,25,26)/t14-,15+/m1/s1. The summed E-state index contributed by atoms with van der Waals surface area (Å²) in [5.74, 6) is -0.332. The van der Waals surface area contributed by atoms with Gasteiger partial charge in [0.1, 0.15) is 6.33 Å². The monoisotopic (exact) mass is 433 g/mol. The van der Waals surface area contributed by atoms with Crippen molar-refractivity contribution in [1.29, 1.82) is 0 Å². The second-order valence-corrected chi connectivity index (χ2v) is 7.62. The number of carbonyl (C=O) groups excluding carboxylic acids is 1. The number of likely N-dealkylation sites (tertiary alicyclic amines) is 1. The lowest BCUT2D eigenvalue weighted by molar-refractivity contribution is -0.120. The molecule has 0 aromatic carbocycles. The fourth-order valence-electron chi connectivity index (χ4n) is 3.60. The van der Waals surface area contributed by atoms with E-state index in [1.54, 1.807) is 31.3 Å². The number of aliphatic hydroxyl groups is 1. The van der Waals surface area contributed by atoms with Crippen LogP contribution in [0.4, 0.5) is 16.0 Å². The number of nitrogens with zero attached hydrogens (tertiary/aromatic N) is 5. The molecule has 4 N–H and O–H groups in total. The van der Waals surface area contributed by atoms with E-state index in [0.29, 0.717) is 38.5 Å². The van der Waals surface area contributed by atoms with E-state index in [-0.39, 0.29) is 24.1 Å². The smallest absolute Gasteiger partial charge is 0.231 e. The molecule has 2 atom stereocenters. The number of pyridine rings is 1. The first kappa shape index (κ1) is 22.6. The second kappa shape index (κ2) is 10.3. The molecule has 31 heavy (non-hydrogen) atoms. The molecule has 1 aliphatic rings. The van der Waals surface area contributed by atoms with E-state index < -0.39 is 17.8 Å². The molecule has 0 saturated carbocycles. The van der Waals surface area contributed by atoms with Gasteiger partial charge in [-0.15, -0.1) is 0 Å². The number of anilines is 2. The molecule has 3 rings (SSSR count). The van der Waals surface area contributed by atoms with Crippen molar-refractivity contribution >= 4 is 17.5 Å². The zero-order valence-electron chi connectivity index (χ0n) is 17.7. The fraction of sp³-hybridized carbons (Fsp3) is 0.500. The van der Waals surface area contributed by atoms with Gasteiger partial charge < -0.3 is 25.8 Å². The molecule has 2 aromatic rings. The third-order valence-electron chi connectivity index (χ3n) is 5.28. The summed E-state index contributed by atoms with van der Waals surface area (Å²) in [5, 5.41) is 13.4.